The predicted molar refractivity (Wildman–Crippen MR) is 97.5 cm³/mol. The lowest BCUT2D eigenvalue weighted by atomic mass is 10.2. The van der Waals surface area contributed by atoms with Crippen LogP contribution in [0.5, 0.6) is 0 Å². The van der Waals surface area contributed by atoms with Crippen LogP contribution in [0.4, 0.5) is 32.2 Å². The molecule has 0 amide bonds. The van der Waals surface area contributed by atoms with Gasteiger partial charge in [0.1, 0.15) is 22.1 Å². The van der Waals surface area contributed by atoms with Crippen LogP contribution in [0.3, 0.4) is 0 Å². The molecule has 1 aromatic carbocycles. The third kappa shape index (κ3) is 4.66. The molecule has 0 aliphatic carbocycles. The van der Waals surface area contributed by atoms with Gasteiger partial charge in [-0.3, -0.25) is 15.7 Å². The molecule has 0 fully saturated rings. The Hall–Kier alpha value is -2.03. The highest BCUT2D eigenvalue weighted by molar-refractivity contribution is 7.86. The maximum absolute atomic E-state index is 13.1. The van der Waals surface area contributed by atoms with Gasteiger partial charge in [-0.1, -0.05) is 23.2 Å². The van der Waals surface area contributed by atoms with Gasteiger partial charge >= 0.3 is 11.7 Å². The molecule has 0 saturated carbocycles. The number of nitrogen functional groups attached to an aromatic ring is 1. The Labute approximate surface area is 176 Å². The summed E-state index contributed by atoms with van der Waals surface area (Å²) in [5.41, 5.74) is -0.560. The summed E-state index contributed by atoms with van der Waals surface area (Å²) >= 11 is 11.7. The molecule has 1 unspecified atom stereocenters. The summed E-state index contributed by atoms with van der Waals surface area (Å²) in [5, 5.41) is 11.6. The molecule has 0 aliphatic heterocycles. The maximum Gasteiger partial charge on any atom is 0.476 e. The second-order valence-corrected chi connectivity index (χ2v) is 7.63. The number of halogens is 8. The minimum Gasteiger partial charge on any atom is -0.383 e. The Balaban J connectivity index is 2.85. The smallest absolute Gasteiger partial charge is 0.383 e. The first-order valence-electron chi connectivity index (χ1n) is 7.62. The summed E-state index contributed by atoms with van der Waals surface area (Å²) < 4.78 is 90.6. The van der Waals surface area contributed by atoms with E-state index in [2.05, 4.69) is 10.1 Å². The van der Waals surface area contributed by atoms with Gasteiger partial charge in [0.25, 0.3) is 0 Å². The number of hydroxylamine groups is 1. The van der Waals surface area contributed by atoms with E-state index in [9.17, 15) is 35.8 Å². The second-order valence-electron chi connectivity index (χ2n) is 5.41. The minimum absolute atomic E-state index is 0.0322. The van der Waals surface area contributed by atoms with Crippen molar-refractivity contribution >= 4 is 45.7 Å². The van der Waals surface area contributed by atoms with E-state index in [1.165, 1.54) is 12.4 Å². The molecular weight excluding hydrogens is 487 g/mol. The molecule has 0 bridgehead atoms. The Bertz CT molecular complexity index is 998. The molecule has 7 nitrogen and oxygen atoms in total. The van der Waals surface area contributed by atoms with Crippen LogP contribution in [-0.4, -0.2) is 37.1 Å². The monoisotopic (exact) mass is 497 g/mol. The summed E-state index contributed by atoms with van der Waals surface area (Å²) in [6.45, 7) is 1.44. The number of nitrogens with two attached hydrogens (primary N) is 1. The fourth-order valence-corrected chi connectivity index (χ4v) is 3.76. The molecule has 1 aromatic heterocycles. The molecule has 0 spiro atoms. The molecule has 1 atom stereocenters. The van der Waals surface area contributed by atoms with Crippen molar-refractivity contribution in [1.82, 2.24) is 15.3 Å². The number of benzene rings is 1. The lowest BCUT2D eigenvalue weighted by Crippen LogP contribution is -2.25. The van der Waals surface area contributed by atoms with Crippen LogP contribution in [0.15, 0.2) is 22.0 Å². The van der Waals surface area contributed by atoms with Crippen LogP contribution in [0.1, 0.15) is 18.2 Å². The van der Waals surface area contributed by atoms with Crippen LogP contribution in [0, 0.1) is 0 Å². The first kappa shape index (κ1) is 24.2. The van der Waals surface area contributed by atoms with E-state index in [-0.39, 0.29) is 6.54 Å². The van der Waals surface area contributed by atoms with Crippen molar-refractivity contribution in [3.05, 3.63) is 33.4 Å². The molecule has 166 valence electrons. The summed E-state index contributed by atoms with van der Waals surface area (Å²) in [4.78, 5) is 2.59. The minimum atomic E-state index is -5.28. The first-order valence-corrected chi connectivity index (χ1v) is 9.53. The normalized spacial score (nSPS) is 14.1. The Morgan fingerprint density at radius 3 is 2.20 bits per heavy atom. The molecule has 4 N–H and O–H groups in total. The number of aromatic nitrogens is 2. The van der Waals surface area contributed by atoms with Crippen molar-refractivity contribution in [2.75, 3.05) is 12.3 Å². The number of aliphatic imine (C=N–C) groups is 1. The molecule has 0 aliphatic rings. The second kappa shape index (κ2) is 8.61. The van der Waals surface area contributed by atoms with E-state index in [0.29, 0.717) is 16.8 Å². The third-order valence-electron chi connectivity index (χ3n) is 3.47. The fourth-order valence-electron chi connectivity index (χ4n) is 2.29. The van der Waals surface area contributed by atoms with E-state index < -0.39 is 66.0 Å². The SMILES string of the molecule is CCN=C(NO)c1nn(-c2c(Cl)cc(C(F)(F)F)cc2Cl)c(N)c1S(=O)C(F)(F)F. The van der Waals surface area contributed by atoms with Crippen molar-refractivity contribution in [2.24, 2.45) is 4.99 Å². The largest absolute Gasteiger partial charge is 0.476 e. The van der Waals surface area contributed by atoms with Crippen LogP contribution < -0.4 is 11.2 Å². The van der Waals surface area contributed by atoms with Crippen LogP contribution in [-0.2, 0) is 17.0 Å². The van der Waals surface area contributed by atoms with Gasteiger partial charge in [0.2, 0.25) is 0 Å². The zero-order chi connectivity index (χ0) is 23.0. The number of hydrogen-bond acceptors (Lipinski definition) is 5. The summed E-state index contributed by atoms with van der Waals surface area (Å²) in [7, 11) is -3.74. The number of nitrogens with zero attached hydrogens (tertiary/aromatic N) is 3. The van der Waals surface area contributed by atoms with Gasteiger partial charge < -0.3 is 5.73 Å². The Morgan fingerprint density at radius 1 is 1.27 bits per heavy atom. The van der Waals surface area contributed by atoms with Crippen molar-refractivity contribution in [1.29, 1.82) is 0 Å². The van der Waals surface area contributed by atoms with Crippen molar-refractivity contribution in [3.63, 3.8) is 0 Å². The average Bonchev–Trinajstić information content (AvgIpc) is 2.93. The first-order chi connectivity index (χ1) is 13.7. The molecule has 30 heavy (non-hydrogen) atoms. The van der Waals surface area contributed by atoms with Crippen LogP contribution in [0.2, 0.25) is 10.0 Å². The lowest BCUT2D eigenvalue weighted by Gasteiger charge is -2.13. The predicted octanol–water partition coefficient (Wildman–Crippen LogP) is 4.15. The standard InChI is InChI=1S/C14H11Cl2F6N5O2S/c1-2-24-12(26-28)8-10(30(29)14(20,21)22)11(23)27(25-8)9-6(15)3-5(4-7(9)16)13(17,18)19/h3-4,28H,2,23H2,1H3,(H,24,26). The summed E-state index contributed by atoms with van der Waals surface area (Å²) in [6.07, 6.45) is -4.81. The van der Waals surface area contributed by atoms with Gasteiger partial charge in [-0.05, 0) is 19.1 Å². The number of amidine groups is 1. The van der Waals surface area contributed by atoms with E-state index in [1.807, 2.05) is 0 Å². The Kier molecular flexibility index (Phi) is 6.96. The quantitative estimate of drug-likeness (QED) is 0.254. The van der Waals surface area contributed by atoms with Gasteiger partial charge in [0.05, 0.1) is 15.6 Å². The van der Waals surface area contributed by atoms with Crippen LogP contribution in [0.25, 0.3) is 5.69 Å². The fraction of sp³-hybridized carbons (Fsp3) is 0.286. The van der Waals surface area contributed by atoms with Crippen molar-refractivity contribution in [3.8, 4) is 5.69 Å². The molecule has 0 saturated heterocycles. The highest BCUT2D eigenvalue weighted by Gasteiger charge is 2.43. The number of rotatable bonds is 4. The van der Waals surface area contributed by atoms with E-state index in [1.54, 1.807) is 0 Å². The Morgan fingerprint density at radius 2 is 1.80 bits per heavy atom. The highest BCUT2D eigenvalue weighted by Crippen LogP contribution is 2.40. The molecule has 2 aromatic rings. The van der Waals surface area contributed by atoms with Gasteiger partial charge in [0.15, 0.2) is 16.6 Å². The van der Waals surface area contributed by atoms with Crippen molar-refractivity contribution in [2.45, 2.75) is 23.5 Å². The topological polar surface area (TPSA) is 106 Å². The maximum atomic E-state index is 13.1. The van der Waals surface area contributed by atoms with Gasteiger partial charge in [-0.15, -0.1) is 0 Å². The number of hydrogen-bond donors (Lipinski definition) is 3. The average molecular weight is 498 g/mol. The van der Waals surface area contributed by atoms with E-state index in [0.717, 1.165) is 0 Å². The third-order valence-corrected chi connectivity index (χ3v) is 5.24. The lowest BCUT2D eigenvalue weighted by molar-refractivity contribution is -0.137. The molecule has 2 rings (SSSR count). The summed E-state index contributed by atoms with van der Waals surface area (Å²) in [5.74, 6) is -1.50. The van der Waals surface area contributed by atoms with E-state index >= 15 is 0 Å². The zero-order valence-corrected chi connectivity index (χ0v) is 16.9. The van der Waals surface area contributed by atoms with Crippen molar-refractivity contribution < 1.29 is 35.8 Å². The molecule has 16 heteroatoms. The molecule has 0 radical (unpaired) electrons. The molecule has 1 heterocycles. The van der Waals surface area contributed by atoms with Gasteiger partial charge in [-0.25, -0.2) is 8.89 Å². The number of alkyl halides is 6. The summed E-state index contributed by atoms with van der Waals surface area (Å²) in [6, 6.07) is 0.935. The zero-order valence-electron chi connectivity index (χ0n) is 14.6. The highest BCUT2D eigenvalue weighted by atomic mass is 35.5. The molecular formula is C14H11Cl2F6N5O2S. The van der Waals surface area contributed by atoms with Gasteiger partial charge in [-0.2, -0.15) is 31.4 Å². The number of anilines is 1. The van der Waals surface area contributed by atoms with Gasteiger partial charge in [0, 0.05) is 6.54 Å². The van der Waals surface area contributed by atoms with Crippen LogP contribution >= 0.6 is 23.2 Å². The number of nitrogens with one attached hydrogen (secondary N) is 1. The van der Waals surface area contributed by atoms with E-state index in [4.69, 9.17) is 28.9 Å².